The molecule has 0 amide bonds. The Morgan fingerprint density at radius 2 is 1.89 bits per heavy atom. The van der Waals surface area contributed by atoms with Crippen LogP contribution in [0.1, 0.15) is 37.7 Å². The highest BCUT2D eigenvalue weighted by atomic mass is 35.5. The van der Waals surface area contributed by atoms with Gasteiger partial charge in [0, 0.05) is 11.1 Å². The van der Waals surface area contributed by atoms with Gasteiger partial charge in [-0.1, -0.05) is 24.9 Å². The second-order valence-electron chi connectivity index (χ2n) is 4.31. The topological polar surface area (TPSA) is 55.8 Å². The van der Waals surface area contributed by atoms with Crippen molar-refractivity contribution in [1.82, 2.24) is 0 Å². The highest BCUT2D eigenvalue weighted by Crippen LogP contribution is 2.39. The third-order valence-corrected chi connectivity index (χ3v) is 3.33. The van der Waals surface area contributed by atoms with E-state index in [4.69, 9.17) is 26.2 Å². The molecule has 0 saturated heterocycles. The Kier molecular flexibility index (Phi) is 5.96. The first kappa shape index (κ1) is 15.6. The minimum Gasteiger partial charge on any atom is -0.493 e. The van der Waals surface area contributed by atoms with E-state index in [1.807, 2.05) is 6.92 Å². The zero-order chi connectivity index (χ0) is 14.4. The Bertz CT molecular complexity index is 445. The van der Waals surface area contributed by atoms with Gasteiger partial charge in [-0.25, -0.2) is 0 Å². The predicted octanol–water partition coefficient (Wildman–Crippen LogP) is 3.72. The van der Waals surface area contributed by atoms with Gasteiger partial charge in [0.15, 0.2) is 11.5 Å². The first-order valence-electron chi connectivity index (χ1n) is 6.16. The molecular weight excluding hydrogens is 268 g/mol. The Labute approximate surface area is 118 Å². The van der Waals surface area contributed by atoms with Gasteiger partial charge in [-0.2, -0.15) is 0 Å². The van der Waals surface area contributed by atoms with Crippen molar-refractivity contribution in [2.75, 3.05) is 14.2 Å². The standard InChI is InChI=1S/C14H19ClO4/c1-4-5-9(6-14(16)17)10-7-12(18-2)13(19-3)8-11(10)15/h7-9H,4-6H2,1-3H3,(H,16,17). The molecule has 5 heteroatoms. The van der Waals surface area contributed by atoms with Crippen LogP contribution >= 0.6 is 11.6 Å². The lowest BCUT2D eigenvalue weighted by Crippen LogP contribution is -2.07. The van der Waals surface area contributed by atoms with Gasteiger partial charge in [-0.05, 0) is 24.0 Å². The number of carboxylic acid groups (broad SMARTS) is 1. The molecule has 1 aromatic carbocycles. The fraction of sp³-hybridized carbons (Fsp3) is 0.500. The molecule has 1 N–H and O–H groups in total. The lowest BCUT2D eigenvalue weighted by molar-refractivity contribution is -0.137. The molecule has 0 aromatic heterocycles. The summed E-state index contributed by atoms with van der Waals surface area (Å²) in [5.41, 5.74) is 0.795. The SMILES string of the molecule is CCCC(CC(=O)O)c1cc(OC)c(OC)cc1Cl. The number of hydrogen-bond donors (Lipinski definition) is 1. The molecule has 19 heavy (non-hydrogen) atoms. The molecule has 0 fully saturated rings. The third kappa shape index (κ3) is 4.03. The number of rotatable bonds is 7. The molecule has 0 aliphatic carbocycles. The molecule has 0 aliphatic heterocycles. The van der Waals surface area contributed by atoms with Crippen LogP contribution in [0, 0.1) is 0 Å². The fourth-order valence-electron chi connectivity index (χ4n) is 2.11. The summed E-state index contributed by atoms with van der Waals surface area (Å²) >= 11 is 6.22. The molecule has 1 atom stereocenters. The van der Waals surface area contributed by atoms with Gasteiger partial charge in [-0.15, -0.1) is 0 Å². The molecule has 1 rings (SSSR count). The number of carbonyl (C=O) groups is 1. The molecule has 0 aliphatic rings. The first-order valence-corrected chi connectivity index (χ1v) is 6.54. The summed E-state index contributed by atoms with van der Waals surface area (Å²) in [5.74, 6) is 0.161. The van der Waals surface area contributed by atoms with Crippen LogP contribution in [0.5, 0.6) is 11.5 Å². The number of methoxy groups -OCH3 is 2. The van der Waals surface area contributed by atoms with E-state index in [1.165, 1.54) is 7.11 Å². The Morgan fingerprint density at radius 1 is 1.32 bits per heavy atom. The van der Waals surface area contributed by atoms with Crippen LogP contribution in [-0.2, 0) is 4.79 Å². The van der Waals surface area contributed by atoms with Crippen LogP contribution in [0.15, 0.2) is 12.1 Å². The molecule has 0 saturated carbocycles. The molecule has 0 radical (unpaired) electrons. The van der Waals surface area contributed by atoms with Crippen molar-refractivity contribution >= 4 is 17.6 Å². The number of aliphatic carboxylic acids is 1. The summed E-state index contributed by atoms with van der Waals surface area (Å²) in [6, 6.07) is 3.44. The molecule has 1 aromatic rings. The summed E-state index contributed by atoms with van der Waals surface area (Å²) in [6.07, 6.45) is 1.72. The van der Waals surface area contributed by atoms with Crippen LogP contribution in [0.25, 0.3) is 0 Å². The normalized spacial score (nSPS) is 12.0. The van der Waals surface area contributed by atoms with Crippen molar-refractivity contribution in [3.63, 3.8) is 0 Å². The van der Waals surface area contributed by atoms with Gasteiger partial charge < -0.3 is 14.6 Å². The van der Waals surface area contributed by atoms with Crippen molar-refractivity contribution in [1.29, 1.82) is 0 Å². The molecule has 4 nitrogen and oxygen atoms in total. The summed E-state index contributed by atoms with van der Waals surface area (Å²) in [4.78, 5) is 10.9. The second kappa shape index (κ2) is 7.24. The number of ether oxygens (including phenoxy) is 2. The van der Waals surface area contributed by atoms with Crippen molar-refractivity contribution < 1.29 is 19.4 Å². The third-order valence-electron chi connectivity index (χ3n) is 3.00. The van der Waals surface area contributed by atoms with E-state index in [0.29, 0.717) is 16.5 Å². The van der Waals surface area contributed by atoms with E-state index in [9.17, 15) is 4.79 Å². The predicted molar refractivity (Wildman–Crippen MR) is 74.5 cm³/mol. The van der Waals surface area contributed by atoms with E-state index >= 15 is 0 Å². The Morgan fingerprint density at radius 3 is 2.37 bits per heavy atom. The van der Waals surface area contributed by atoms with Gasteiger partial charge in [0.2, 0.25) is 0 Å². The summed E-state index contributed by atoms with van der Waals surface area (Å²) in [7, 11) is 3.08. The van der Waals surface area contributed by atoms with Gasteiger partial charge in [-0.3, -0.25) is 4.79 Å². The quantitative estimate of drug-likeness (QED) is 0.830. The van der Waals surface area contributed by atoms with Gasteiger partial charge in [0.1, 0.15) is 0 Å². The van der Waals surface area contributed by atoms with Gasteiger partial charge >= 0.3 is 5.97 Å². The van der Waals surface area contributed by atoms with Gasteiger partial charge in [0.25, 0.3) is 0 Å². The molecule has 1 unspecified atom stereocenters. The number of hydrogen-bond acceptors (Lipinski definition) is 3. The summed E-state index contributed by atoms with van der Waals surface area (Å²) < 4.78 is 10.4. The largest absolute Gasteiger partial charge is 0.493 e. The van der Waals surface area contributed by atoms with Crippen molar-refractivity contribution in [3.05, 3.63) is 22.7 Å². The van der Waals surface area contributed by atoms with E-state index < -0.39 is 5.97 Å². The molecule has 106 valence electrons. The van der Waals surface area contributed by atoms with Crippen molar-refractivity contribution in [2.24, 2.45) is 0 Å². The maximum absolute atomic E-state index is 10.9. The van der Waals surface area contributed by atoms with E-state index in [2.05, 4.69) is 0 Å². The zero-order valence-electron chi connectivity index (χ0n) is 11.4. The average molecular weight is 287 g/mol. The molecule has 0 spiro atoms. The maximum Gasteiger partial charge on any atom is 0.303 e. The average Bonchev–Trinajstić information content (AvgIpc) is 2.37. The minimum atomic E-state index is -0.829. The monoisotopic (exact) mass is 286 g/mol. The van der Waals surface area contributed by atoms with E-state index in [1.54, 1.807) is 19.2 Å². The Hall–Kier alpha value is -1.42. The van der Waals surface area contributed by atoms with Gasteiger partial charge in [0.05, 0.1) is 20.6 Å². The smallest absolute Gasteiger partial charge is 0.303 e. The van der Waals surface area contributed by atoms with E-state index in [-0.39, 0.29) is 12.3 Å². The van der Waals surface area contributed by atoms with Crippen LogP contribution in [0.2, 0.25) is 5.02 Å². The molecule has 0 bridgehead atoms. The van der Waals surface area contributed by atoms with Crippen LogP contribution < -0.4 is 9.47 Å². The number of carboxylic acids is 1. The second-order valence-corrected chi connectivity index (χ2v) is 4.72. The summed E-state index contributed by atoms with van der Waals surface area (Å²) in [6.45, 7) is 2.02. The highest BCUT2D eigenvalue weighted by Gasteiger charge is 2.20. The van der Waals surface area contributed by atoms with Crippen molar-refractivity contribution in [3.8, 4) is 11.5 Å². The van der Waals surface area contributed by atoms with E-state index in [0.717, 1.165) is 18.4 Å². The number of benzene rings is 1. The zero-order valence-corrected chi connectivity index (χ0v) is 12.2. The highest BCUT2D eigenvalue weighted by molar-refractivity contribution is 6.31. The molecule has 0 heterocycles. The Balaban J connectivity index is 3.17. The fourth-order valence-corrected chi connectivity index (χ4v) is 2.42. The number of halogens is 1. The summed E-state index contributed by atoms with van der Waals surface area (Å²) in [5, 5.41) is 9.50. The molecular formula is C14H19ClO4. The lowest BCUT2D eigenvalue weighted by atomic mass is 9.91. The lowest BCUT2D eigenvalue weighted by Gasteiger charge is -2.18. The maximum atomic E-state index is 10.9. The first-order chi connectivity index (χ1) is 9.03. The van der Waals surface area contributed by atoms with Crippen LogP contribution in [0.4, 0.5) is 0 Å². The van der Waals surface area contributed by atoms with Crippen LogP contribution in [-0.4, -0.2) is 25.3 Å². The van der Waals surface area contributed by atoms with Crippen molar-refractivity contribution in [2.45, 2.75) is 32.1 Å². The minimum absolute atomic E-state index is 0.0586. The van der Waals surface area contributed by atoms with Crippen LogP contribution in [0.3, 0.4) is 0 Å².